The number of amidine groups is 1. The summed E-state index contributed by atoms with van der Waals surface area (Å²) in [5.74, 6) is 0.555. The highest BCUT2D eigenvalue weighted by Crippen LogP contribution is 2.46. The summed E-state index contributed by atoms with van der Waals surface area (Å²) < 4.78 is 59.0. The third kappa shape index (κ3) is 8.35. The van der Waals surface area contributed by atoms with Crippen LogP contribution in [0.3, 0.4) is 0 Å². The smallest absolute Gasteiger partial charge is 0.326 e. The van der Waals surface area contributed by atoms with Gasteiger partial charge in [-0.05, 0) is 61.2 Å². The maximum atomic E-state index is 14.9. The maximum absolute atomic E-state index is 14.9. The molecule has 2 atom stereocenters. The van der Waals surface area contributed by atoms with Gasteiger partial charge >= 0.3 is 6.03 Å². The molecule has 2 saturated heterocycles. The van der Waals surface area contributed by atoms with E-state index in [9.17, 15) is 21.6 Å². The summed E-state index contributed by atoms with van der Waals surface area (Å²) in [6.45, 7) is 4.87. The summed E-state index contributed by atoms with van der Waals surface area (Å²) in [6.07, 6.45) is 2.72. The molecule has 3 aliphatic rings. The molecule has 16 heteroatoms. The first kappa shape index (κ1) is 37.8. The van der Waals surface area contributed by atoms with E-state index in [2.05, 4.69) is 0 Å². The Morgan fingerprint density at radius 3 is 2.00 bits per heavy atom. The van der Waals surface area contributed by atoms with Crippen molar-refractivity contribution in [3.63, 3.8) is 0 Å². The number of hydrogen-bond donors (Lipinski definition) is 0. The third-order valence-corrected chi connectivity index (χ3v) is 13.2. The van der Waals surface area contributed by atoms with Crippen LogP contribution >= 0.6 is 34.8 Å². The molecule has 0 aromatic heterocycles. The van der Waals surface area contributed by atoms with Gasteiger partial charge in [-0.1, -0.05) is 59.1 Å². The highest BCUT2D eigenvalue weighted by Gasteiger charge is 2.45. The van der Waals surface area contributed by atoms with Gasteiger partial charge in [0.25, 0.3) is 0 Å². The fourth-order valence-electron chi connectivity index (χ4n) is 6.71. The van der Waals surface area contributed by atoms with E-state index in [4.69, 9.17) is 44.5 Å². The number of piperazine rings is 1. The number of aliphatic imine (C=N–C) groups is 1. The van der Waals surface area contributed by atoms with Gasteiger partial charge in [0, 0.05) is 68.2 Å². The van der Waals surface area contributed by atoms with E-state index in [0.717, 1.165) is 24.0 Å². The topological polar surface area (TPSA) is 120 Å². The molecule has 2 unspecified atom stereocenters. The van der Waals surface area contributed by atoms with E-state index < -0.39 is 31.9 Å². The Hall–Kier alpha value is -2.91. The molecule has 3 heterocycles. The number of amides is 2. The molecular weight excluding hydrogens is 757 g/mol. The van der Waals surface area contributed by atoms with Crippen LogP contribution in [0.1, 0.15) is 48.5 Å². The first-order valence-corrected chi connectivity index (χ1v) is 21.4. The number of sulfone groups is 1. The van der Waals surface area contributed by atoms with Crippen molar-refractivity contribution < 1.29 is 26.4 Å². The third-order valence-electron chi connectivity index (χ3n) is 9.37. The zero-order valence-corrected chi connectivity index (χ0v) is 32.2. The summed E-state index contributed by atoms with van der Waals surface area (Å²) in [4.78, 5) is 25.4. The zero-order valence-electron chi connectivity index (χ0n) is 28.3. The number of halogens is 3. The standard InChI is InChI=1S/C35H40Cl3N5O6S2/c1-3-49-30-23-29(38)31(51(47,48)42-14-4-5-15-42)22-28(30)34-39-32(24-6-10-26(36)11-7-24)33(25-8-12-27(37)13-9-25)43(34)35(44)41-18-16-40(17-19-41)20-21-50(2,45)46/h6-13,22-23,32-33H,3-5,14-21H2,1-2H3. The lowest BCUT2D eigenvalue weighted by atomic mass is 9.93. The van der Waals surface area contributed by atoms with Crippen molar-refractivity contribution in [2.75, 3.05) is 64.4 Å². The molecule has 274 valence electrons. The zero-order chi connectivity index (χ0) is 36.5. The second-order valence-corrected chi connectivity index (χ2v) is 18.3. The molecule has 0 aliphatic carbocycles. The summed E-state index contributed by atoms with van der Waals surface area (Å²) >= 11 is 19.3. The molecule has 3 aromatic rings. The molecular formula is C35H40Cl3N5O6S2. The molecule has 2 amide bonds. The van der Waals surface area contributed by atoms with Crippen molar-refractivity contribution in [1.82, 2.24) is 19.0 Å². The van der Waals surface area contributed by atoms with E-state index in [-0.39, 0.29) is 39.9 Å². The highest BCUT2D eigenvalue weighted by atomic mass is 35.5. The van der Waals surface area contributed by atoms with E-state index in [1.54, 1.807) is 34.1 Å². The lowest BCUT2D eigenvalue weighted by Crippen LogP contribution is -2.54. The maximum Gasteiger partial charge on any atom is 0.326 e. The van der Waals surface area contributed by atoms with Crippen molar-refractivity contribution in [3.8, 4) is 5.75 Å². The molecule has 2 fully saturated rings. The van der Waals surface area contributed by atoms with E-state index in [1.165, 1.54) is 22.7 Å². The number of ether oxygens (including phenoxy) is 1. The van der Waals surface area contributed by atoms with Crippen LogP contribution in [0, 0.1) is 0 Å². The Bertz CT molecular complexity index is 2000. The monoisotopic (exact) mass is 795 g/mol. The van der Waals surface area contributed by atoms with Gasteiger partial charge in [-0.25, -0.2) is 21.6 Å². The summed E-state index contributed by atoms with van der Waals surface area (Å²) in [6, 6.07) is 15.8. The lowest BCUT2D eigenvalue weighted by molar-refractivity contribution is 0.122. The van der Waals surface area contributed by atoms with E-state index >= 15 is 0 Å². The van der Waals surface area contributed by atoms with Gasteiger partial charge in [0.1, 0.15) is 32.4 Å². The minimum absolute atomic E-state index is 0.0132. The quantitative estimate of drug-likeness (QED) is 0.241. The fraction of sp³-hybridized carbons (Fsp3) is 0.429. The van der Waals surface area contributed by atoms with Crippen molar-refractivity contribution in [3.05, 3.63) is 92.4 Å². The van der Waals surface area contributed by atoms with Gasteiger partial charge in [0.2, 0.25) is 10.0 Å². The van der Waals surface area contributed by atoms with Crippen molar-refractivity contribution in [2.45, 2.75) is 36.7 Å². The largest absolute Gasteiger partial charge is 0.493 e. The van der Waals surface area contributed by atoms with Crippen LogP contribution in [0.5, 0.6) is 5.75 Å². The number of carbonyl (C=O) groups is 1. The Kier molecular flexibility index (Phi) is 11.6. The average molecular weight is 797 g/mol. The van der Waals surface area contributed by atoms with Gasteiger partial charge < -0.3 is 9.64 Å². The molecule has 11 nitrogen and oxygen atoms in total. The molecule has 0 saturated carbocycles. The molecule has 0 N–H and O–H groups in total. The highest BCUT2D eigenvalue weighted by molar-refractivity contribution is 7.90. The molecule has 0 bridgehead atoms. The number of benzene rings is 3. The molecule has 3 aromatic carbocycles. The van der Waals surface area contributed by atoms with Crippen LogP contribution in [0.2, 0.25) is 15.1 Å². The summed E-state index contributed by atoms with van der Waals surface area (Å²) in [5.41, 5.74) is 1.86. The van der Waals surface area contributed by atoms with Crippen LogP contribution in [0.15, 0.2) is 70.6 Å². The number of rotatable bonds is 10. The number of sulfonamides is 1. The Balaban J connectivity index is 1.49. The molecule has 3 aliphatic heterocycles. The first-order valence-electron chi connectivity index (χ1n) is 16.8. The Morgan fingerprint density at radius 2 is 1.43 bits per heavy atom. The fourth-order valence-corrected chi connectivity index (χ4v) is 9.59. The number of urea groups is 1. The molecule has 0 spiro atoms. The number of nitrogens with zero attached hydrogens (tertiary/aromatic N) is 5. The number of hydrogen-bond acceptors (Lipinski definition) is 8. The Labute approximate surface area is 314 Å². The summed E-state index contributed by atoms with van der Waals surface area (Å²) in [5, 5.41) is 1.08. The van der Waals surface area contributed by atoms with Crippen LogP contribution < -0.4 is 4.74 Å². The van der Waals surface area contributed by atoms with Crippen LogP contribution in [-0.4, -0.2) is 112 Å². The van der Waals surface area contributed by atoms with E-state index in [1.807, 2.05) is 36.1 Å². The van der Waals surface area contributed by atoms with Crippen LogP contribution in [0.4, 0.5) is 4.79 Å². The van der Waals surface area contributed by atoms with Crippen LogP contribution in [-0.2, 0) is 19.9 Å². The van der Waals surface area contributed by atoms with Crippen molar-refractivity contribution in [1.29, 1.82) is 0 Å². The van der Waals surface area contributed by atoms with Crippen LogP contribution in [0.25, 0.3) is 0 Å². The average Bonchev–Trinajstić information content (AvgIpc) is 3.78. The van der Waals surface area contributed by atoms with Gasteiger partial charge in [0.05, 0.1) is 29.0 Å². The van der Waals surface area contributed by atoms with Gasteiger partial charge in [-0.2, -0.15) is 4.31 Å². The summed E-state index contributed by atoms with van der Waals surface area (Å²) in [7, 11) is -7.12. The van der Waals surface area contributed by atoms with E-state index in [0.29, 0.717) is 61.4 Å². The van der Waals surface area contributed by atoms with Crippen molar-refractivity contribution in [2.24, 2.45) is 4.99 Å². The second-order valence-electron chi connectivity index (χ2n) is 12.9. The molecule has 51 heavy (non-hydrogen) atoms. The predicted molar refractivity (Wildman–Crippen MR) is 200 cm³/mol. The minimum atomic E-state index is -3.98. The van der Waals surface area contributed by atoms with Gasteiger partial charge in [0.15, 0.2) is 0 Å². The molecule has 0 radical (unpaired) electrons. The minimum Gasteiger partial charge on any atom is -0.493 e. The van der Waals surface area contributed by atoms with Gasteiger partial charge in [-0.15, -0.1) is 0 Å². The normalized spacial score (nSPS) is 20.5. The number of carbonyl (C=O) groups excluding carboxylic acids is 1. The Morgan fingerprint density at radius 1 is 0.843 bits per heavy atom. The lowest BCUT2D eigenvalue weighted by Gasteiger charge is -2.39. The predicted octanol–water partition coefficient (Wildman–Crippen LogP) is 6.16. The first-order chi connectivity index (χ1) is 24.3. The molecule has 6 rings (SSSR count). The van der Waals surface area contributed by atoms with Crippen molar-refractivity contribution >= 4 is 66.5 Å². The SMILES string of the molecule is CCOc1cc(Cl)c(S(=O)(=O)N2CCCC2)cc1C1=NC(c2ccc(Cl)cc2)C(c2ccc(Cl)cc2)N1C(=O)N1CCN(CCS(C)(=O)=O)CC1. The van der Waals surface area contributed by atoms with Gasteiger partial charge in [-0.3, -0.25) is 14.8 Å². The second kappa shape index (κ2) is 15.6.